The summed E-state index contributed by atoms with van der Waals surface area (Å²) >= 11 is 6.07. The molecular weight excluding hydrogens is 445 g/mol. The first-order valence-corrected chi connectivity index (χ1v) is 11.7. The zero-order chi connectivity index (χ0) is 22.5. The molecule has 3 aliphatic rings. The van der Waals surface area contributed by atoms with Crippen LogP contribution in [0.1, 0.15) is 36.0 Å². The van der Waals surface area contributed by atoms with Crippen molar-refractivity contribution in [1.82, 2.24) is 24.7 Å². The average Bonchev–Trinajstić information content (AvgIpc) is 3.29. The van der Waals surface area contributed by atoms with E-state index >= 15 is 0 Å². The molecule has 1 aromatic carbocycles. The summed E-state index contributed by atoms with van der Waals surface area (Å²) in [6, 6.07) is 6.82. The van der Waals surface area contributed by atoms with Crippen LogP contribution >= 0.6 is 11.6 Å². The minimum absolute atomic E-state index is 0.316. The Kier molecular flexibility index (Phi) is 5.18. The topological polar surface area (TPSA) is 81.0 Å². The Hall–Kier alpha value is -2.78. The molecule has 0 unspecified atom stereocenters. The van der Waals surface area contributed by atoms with E-state index < -0.39 is 11.9 Å². The van der Waals surface area contributed by atoms with Crippen LogP contribution in [-0.2, 0) is 11.3 Å². The van der Waals surface area contributed by atoms with Crippen molar-refractivity contribution in [1.29, 1.82) is 0 Å². The summed E-state index contributed by atoms with van der Waals surface area (Å²) in [7, 11) is 0. The van der Waals surface area contributed by atoms with E-state index in [9.17, 15) is 4.39 Å². The molecule has 2 aromatic heterocycles. The van der Waals surface area contributed by atoms with Gasteiger partial charge in [-0.2, -0.15) is 4.98 Å². The number of rotatable bonds is 4. The first-order chi connectivity index (χ1) is 16.0. The van der Waals surface area contributed by atoms with Crippen molar-refractivity contribution in [3.8, 4) is 0 Å². The van der Waals surface area contributed by atoms with E-state index in [2.05, 4.69) is 26.3 Å². The van der Waals surface area contributed by atoms with Crippen LogP contribution in [0.4, 0.5) is 16.2 Å². The summed E-state index contributed by atoms with van der Waals surface area (Å²) < 4.78 is 21.7. The maximum Gasteiger partial charge on any atom is 0.242 e. The van der Waals surface area contributed by atoms with E-state index in [1.54, 1.807) is 12.4 Å². The van der Waals surface area contributed by atoms with Gasteiger partial charge in [0.05, 0.1) is 13.2 Å². The van der Waals surface area contributed by atoms with Gasteiger partial charge < -0.3 is 15.0 Å². The van der Waals surface area contributed by atoms with Gasteiger partial charge in [0.2, 0.25) is 5.95 Å². The lowest BCUT2D eigenvalue weighted by Crippen LogP contribution is -2.48. The van der Waals surface area contributed by atoms with Gasteiger partial charge in [0.15, 0.2) is 5.82 Å². The van der Waals surface area contributed by atoms with E-state index in [0.717, 1.165) is 24.6 Å². The van der Waals surface area contributed by atoms with Crippen molar-refractivity contribution in [3.05, 3.63) is 58.5 Å². The Morgan fingerprint density at radius 1 is 1.12 bits per heavy atom. The first kappa shape index (κ1) is 20.8. The van der Waals surface area contributed by atoms with Crippen LogP contribution in [0.3, 0.4) is 0 Å². The van der Waals surface area contributed by atoms with Gasteiger partial charge in [-0.3, -0.25) is 0 Å². The van der Waals surface area contributed by atoms with Crippen LogP contribution in [0.15, 0.2) is 30.6 Å². The van der Waals surface area contributed by atoms with Crippen LogP contribution in [0, 0.1) is 24.6 Å². The predicted octanol–water partition coefficient (Wildman–Crippen LogP) is 3.62. The molecule has 1 saturated carbocycles. The van der Waals surface area contributed by atoms with E-state index in [4.69, 9.17) is 26.4 Å². The third-order valence-electron chi connectivity index (χ3n) is 6.95. The number of nitrogens with one attached hydrogen (secondary N) is 1. The normalized spacial score (nSPS) is 26.3. The molecule has 6 rings (SSSR count). The highest BCUT2D eigenvalue weighted by molar-refractivity contribution is 6.30. The fourth-order valence-electron chi connectivity index (χ4n) is 5.48. The molecule has 2 aliphatic heterocycles. The van der Waals surface area contributed by atoms with Crippen LogP contribution in [0.2, 0.25) is 5.02 Å². The molecule has 1 N–H and O–H groups in total. The number of hydrogen-bond donors (Lipinski definition) is 1. The lowest BCUT2D eigenvalue weighted by molar-refractivity contribution is 0.0388. The Morgan fingerprint density at radius 2 is 1.94 bits per heavy atom. The number of aromatic nitrogens is 5. The van der Waals surface area contributed by atoms with Crippen LogP contribution in [0.5, 0.6) is 0 Å². The second-order valence-electron chi connectivity index (χ2n) is 9.16. The summed E-state index contributed by atoms with van der Waals surface area (Å²) in [6.07, 6.45) is 3.49. The Balaban J connectivity index is 1.21. The van der Waals surface area contributed by atoms with Crippen molar-refractivity contribution < 1.29 is 9.13 Å². The number of benzene rings is 1. The molecule has 2 fully saturated rings. The Labute approximate surface area is 196 Å². The van der Waals surface area contributed by atoms with E-state index in [0.29, 0.717) is 53.4 Å². The average molecular weight is 470 g/mol. The fraction of sp³-hybridized carbons (Fsp3) is 0.478. The summed E-state index contributed by atoms with van der Waals surface area (Å²) in [5.41, 5.74) is 1.63. The summed E-state index contributed by atoms with van der Waals surface area (Å²) in [6.45, 7) is 4.99. The largest absolute Gasteiger partial charge is 0.364 e. The standard InChI is InChI=1S/C23H25ClFN7O/c1-13-6-19(27-12-26-13)31-10-14-2-3-15(11-31)20(14)28-23-29-22-21(33-5-4-32(22)30-23)16-7-17(24)9-18(25)8-16/h6-9,12,14-15,20-21H,2-5,10-11H2,1H3,(H,28,30)/t14-,15+,20-,21-/m0/s1. The SMILES string of the molecule is Cc1cc(N2C[C@H]3CC[C@@H](C2)[C@@H]3Nc2nc3n(n2)CCO[C@H]3c2cc(F)cc(Cl)c2)ncn1. The maximum absolute atomic E-state index is 13.9. The smallest absolute Gasteiger partial charge is 0.242 e. The zero-order valence-corrected chi connectivity index (χ0v) is 19.0. The van der Waals surface area contributed by atoms with Crippen LogP contribution in [0.25, 0.3) is 0 Å². The lowest BCUT2D eigenvalue weighted by Gasteiger charge is -2.38. The molecule has 10 heteroatoms. The van der Waals surface area contributed by atoms with Gasteiger partial charge in [-0.15, -0.1) is 5.10 Å². The minimum atomic E-state index is -0.491. The molecule has 8 nitrogen and oxygen atoms in total. The van der Waals surface area contributed by atoms with Gasteiger partial charge >= 0.3 is 0 Å². The zero-order valence-electron chi connectivity index (χ0n) is 18.3. The predicted molar refractivity (Wildman–Crippen MR) is 122 cm³/mol. The lowest BCUT2D eigenvalue weighted by atomic mass is 9.92. The second kappa shape index (κ2) is 8.22. The number of aryl methyl sites for hydroxylation is 1. The maximum atomic E-state index is 13.9. The number of ether oxygens (including phenoxy) is 1. The highest BCUT2D eigenvalue weighted by Gasteiger charge is 2.43. The quantitative estimate of drug-likeness (QED) is 0.625. The van der Waals surface area contributed by atoms with E-state index in [-0.39, 0.29) is 0 Å². The molecule has 0 radical (unpaired) electrons. The summed E-state index contributed by atoms with van der Waals surface area (Å²) in [5.74, 6) is 2.88. The number of halogens is 2. The Bertz CT molecular complexity index is 1150. The number of fused-ring (bicyclic) bond motifs is 3. The molecule has 33 heavy (non-hydrogen) atoms. The molecule has 1 saturated heterocycles. The number of piperidine rings is 1. The van der Waals surface area contributed by atoms with Crippen LogP contribution < -0.4 is 10.2 Å². The number of nitrogens with zero attached hydrogens (tertiary/aromatic N) is 6. The van der Waals surface area contributed by atoms with Gasteiger partial charge in [0, 0.05) is 35.9 Å². The molecule has 4 heterocycles. The van der Waals surface area contributed by atoms with Gasteiger partial charge in [0.25, 0.3) is 0 Å². The summed E-state index contributed by atoms with van der Waals surface area (Å²) in [5, 5.41) is 8.66. The molecule has 3 aromatic rings. The third kappa shape index (κ3) is 3.93. The van der Waals surface area contributed by atoms with Crippen molar-refractivity contribution in [2.45, 2.75) is 38.5 Å². The molecule has 1 aliphatic carbocycles. The van der Waals surface area contributed by atoms with Crippen molar-refractivity contribution >= 4 is 23.4 Å². The van der Waals surface area contributed by atoms with Gasteiger partial charge in [-0.1, -0.05) is 11.6 Å². The molecule has 4 atom stereocenters. The minimum Gasteiger partial charge on any atom is -0.364 e. The molecule has 0 amide bonds. The van der Waals surface area contributed by atoms with E-state index in [1.807, 2.05) is 11.6 Å². The number of hydrogen-bond acceptors (Lipinski definition) is 7. The van der Waals surface area contributed by atoms with Crippen LogP contribution in [-0.4, -0.2) is 50.5 Å². The third-order valence-corrected chi connectivity index (χ3v) is 7.17. The molecule has 2 bridgehead atoms. The fourth-order valence-corrected chi connectivity index (χ4v) is 5.72. The highest BCUT2D eigenvalue weighted by Crippen LogP contribution is 2.40. The van der Waals surface area contributed by atoms with E-state index in [1.165, 1.54) is 25.0 Å². The monoisotopic (exact) mass is 469 g/mol. The Morgan fingerprint density at radius 3 is 2.70 bits per heavy atom. The van der Waals surface area contributed by atoms with Gasteiger partial charge in [-0.25, -0.2) is 19.0 Å². The molecule has 0 spiro atoms. The van der Waals surface area contributed by atoms with Gasteiger partial charge in [-0.05, 0) is 55.4 Å². The van der Waals surface area contributed by atoms with Crippen molar-refractivity contribution in [3.63, 3.8) is 0 Å². The summed E-state index contributed by atoms with van der Waals surface area (Å²) in [4.78, 5) is 15.8. The van der Waals surface area contributed by atoms with Crippen molar-refractivity contribution in [2.24, 2.45) is 11.8 Å². The highest BCUT2D eigenvalue weighted by atomic mass is 35.5. The second-order valence-corrected chi connectivity index (χ2v) is 9.60. The number of anilines is 2. The first-order valence-electron chi connectivity index (χ1n) is 11.4. The van der Waals surface area contributed by atoms with Gasteiger partial charge in [0.1, 0.15) is 24.1 Å². The molecule has 172 valence electrons. The van der Waals surface area contributed by atoms with Crippen molar-refractivity contribution in [2.75, 3.05) is 29.9 Å². The molecular formula is C23H25ClFN7O.